The Morgan fingerprint density at radius 3 is 2.28 bits per heavy atom. The Balaban J connectivity index is 1.47. The highest BCUT2D eigenvalue weighted by molar-refractivity contribution is 7.99. The van der Waals surface area contributed by atoms with Crippen molar-refractivity contribution in [2.24, 2.45) is 0 Å². The van der Waals surface area contributed by atoms with Gasteiger partial charge in [-0.1, -0.05) is 55.5 Å². The zero-order valence-electron chi connectivity index (χ0n) is 18.0. The van der Waals surface area contributed by atoms with E-state index >= 15 is 0 Å². The summed E-state index contributed by atoms with van der Waals surface area (Å²) in [5, 5.41) is 14.1. The maximum atomic E-state index is 12.4. The van der Waals surface area contributed by atoms with Gasteiger partial charge in [-0.3, -0.25) is 9.59 Å². The Morgan fingerprint density at radius 2 is 1.69 bits per heavy atom. The molecule has 0 fully saturated rings. The second-order valence-corrected chi connectivity index (χ2v) is 8.68. The molecule has 2 aromatic carbocycles. The summed E-state index contributed by atoms with van der Waals surface area (Å²) in [5.74, 6) is -0.544. The van der Waals surface area contributed by atoms with E-state index in [9.17, 15) is 14.4 Å². The first-order chi connectivity index (χ1) is 15.5. The molecule has 170 valence electrons. The maximum absolute atomic E-state index is 12.4. The number of ether oxygens (including phenoxy) is 1. The van der Waals surface area contributed by atoms with Crippen molar-refractivity contribution in [2.45, 2.75) is 31.7 Å². The number of carbonyl (C=O) groups is 3. The largest absolute Gasteiger partial charge is 0.481 e. The van der Waals surface area contributed by atoms with Crippen molar-refractivity contribution in [3.05, 3.63) is 59.7 Å². The maximum Gasteiger partial charge on any atom is 0.407 e. The van der Waals surface area contributed by atoms with Gasteiger partial charge in [-0.05, 0) is 28.7 Å². The molecule has 3 N–H and O–H groups in total. The van der Waals surface area contributed by atoms with Gasteiger partial charge in [0.1, 0.15) is 6.61 Å². The number of carboxylic acid groups (broad SMARTS) is 1. The average Bonchev–Trinajstić information content (AvgIpc) is 3.10. The van der Waals surface area contributed by atoms with Crippen LogP contribution in [0.25, 0.3) is 11.1 Å². The smallest absolute Gasteiger partial charge is 0.407 e. The number of benzene rings is 2. The number of hydrogen-bond donors (Lipinski definition) is 3. The Morgan fingerprint density at radius 1 is 1.06 bits per heavy atom. The average molecular weight is 457 g/mol. The molecule has 8 heteroatoms. The molecule has 1 atom stereocenters. The van der Waals surface area contributed by atoms with Crippen LogP contribution in [0.4, 0.5) is 4.79 Å². The van der Waals surface area contributed by atoms with Crippen molar-refractivity contribution < 1.29 is 24.2 Å². The highest BCUT2D eigenvalue weighted by atomic mass is 32.2. The van der Waals surface area contributed by atoms with Crippen molar-refractivity contribution in [3.8, 4) is 11.1 Å². The van der Waals surface area contributed by atoms with Crippen LogP contribution in [-0.2, 0) is 14.3 Å². The molecule has 0 saturated heterocycles. The fourth-order valence-electron chi connectivity index (χ4n) is 3.82. The van der Waals surface area contributed by atoms with E-state index in [0.29, 0.717) is 18.7 Å². The number of aliphatic carboxylic acids is 1. The van der Waals surface area contributed by atoms with Crippen molar-refractivity contribution in [2.75, 3.05) is 24.7 Å². The number of amides is 2. The van der Waals surface area contributed by atoms with E-state index in [2.05, 4.69) is 34.9 Å². The standard InChI is InChI=1S/C24H28N2O5S/c1-2-16(13-22(27)25-11-12-32-15-23(28)29)26-24(30)31-14-21-19-9-5-3-7-17(19)18-8-4-6-10-20(18)21/h3-10,16,21H,2,11-15H2,1H3,(H,25,27)(H,26,30)(H,28,29). The molecule has 0 aromatic heterocycles. The number of carboxylic acids is 1. The van der Waals surface area contributed by atoms with Crippen LogP contribution in [0.5, 0.6) is 0 Å². The minimum Gasteiger partial charge on any atom is -0.481 e. The third-order valence-corrected chi connectivity index (χ3v) is 6.33. The van der Waals surface area contributed by atoms with Crippen LogP contribution >= 0.6 is 11.8 Å². The first-order valence-electron chi connectivity index (χ1n) is 10.7. The van der Waals surface area contributed by atoms with Crippen LogP contribution in [0.3, 0.4) is 0 Å². The summed E-state index contributed by atoms with van der Waals surface area (Å²) < 4.78 is 5.55. The quantitative estimate of drug-likeness (QED) is 0.446. The molecular formula is C24H28N2O5S. The number of alkyl carbamates (subject to hydrolysis) is 1. The lowest BCUT2D eigenvalue weighted by molar-refractivity contribution is -0.133. The second kappa shape index (κ2) is 11.6. The molecule has 0 spiro atoms. The van der Waals surface area contributed by atoms with Crippen molar-refractivity contribution in [1.82, 2.24) is 10.6 Å². The Kier molecular flexibility index (Phi) is 8.56. The number of nitrogens with one attached hydrogen (secondary N) is 2. The van der Waals surface area contributed by atoms with Crippen LogP contribution in [-0.4, -0.2) is 53.8 Å². The Bertz CT molecular complexity index is 919. The fraction of sp³-hybridized carbons (Fsp3) is 0.375. The lowest BCUT2D eigenvalue weighted by Gasteiger charge is -2.18. The van der Waals surface area contributed by atoms with Crippen LogP contribution in [0.1, 0.15) is 36.8 Å². The molecular weight excluding hydrogens is 428 g/mol. The first-order valence-corrected chi connectivity index (χ1v) is 11.8. The predicted octanol–water partition coefficient (Wildman–Crippen LogP) is 3.63. The second-order valence-electron chi connectivity index (χ2n) is 7.58. The van der Waals surface area contributed by atoms with Crippen LogP contribution in [0, 0.1) is 0 Å². The number of carbonyl (C=O) groups excluding carboxylic acids is 2. The fourth-order valence-corrected chi connectivity index (χ4v) is 4.39. The minimum atomic E-state index is -0.875. The summed E-state index contributed by atoms with van der Waals surface area (Å²) in [4.78, 5) is 35.0. The Labute approximate surface area is 191 Å². The molecule has 0 bridgehead atoms. The number of thioether (sulfide) groups is 1. The van der Waals surface area contributed by atoms with E-state index in [0.717, 1.165) is 11.1 Å². The molecule has 32 heavy (non-hydrogen) atoms. The summed E-state index contributed by atoms with van der Waals surface area (Å²) >= 11 is 1.24. The summed E-state index contributed by atoms with van der Waals surface area (Å²) in [6, 6.07) is 16.0. The summed E-state index contributed by atoms with van der Waals surface area (Å²) in [5.41, 5.74) is 4.63. The summed E-state index contributed by atoms with van der Waals surface area (Å²) in [6.45, 7) is 2.51. The molecule has 3 rings (SSSR count). The van der Waals surface area contributed by atoms with Crippen molar-refractivity contribution >= 4 is 29.7 Å². The van der Waals surface area contributed by atoms with Gasteiger partial charge in [-0.25, -0.2) is 4.79 Å². The Hall–Kier alpha value is -3.00. The molecule has 0 aliphatic heterocycles. The van der Waals surface area contributed by atoms with E-state index in [-0.39, 0.29) is 36.6 Å². The molecule has 7 nitrogen and oxygen atoms in total. The number of rotatable bonds is 11. The van der Waals surface area contributed by atoms with Gasteiger partial charge in [0, 0.05) is 30.7 Å². The zero-order chi connectivity index (χ0) is 22.9. The van der Waals surface area contributed by atoms with Gasteiger partial charge in [0.25, 0.3) is 0 Å². The minimum absolute atomic E-state index is 0.0107. The highest BCUT2D eigenvalue weighted by Gasteiger charge is 2.29. The molecule has 1 aliphatic carbocycles. The monoisotopic (exact) mass is 456 g/mol. The molecule has 0 heterocycles. The lowest BCUT2D eigenvalue weighted by atomic mass is 9.98. The first kappa shape index (κ1) is 23.7. The van der Waals surface area contributed by atoms with Gasteiger partial charge in [-0.2, -0.15) is 0 Å². The molecule has 1 aliphatic rings. The normalized spacial score (nSPS) is 13.0. The van der Waals surface area contributed by atoms with E-state index in [4.69, 9.17) is 9.84 Å². The van der Waals surface area contributed by atoms with Crippen LogP contribution in [0.15, 0.2) is 48.5 Å². The summed E-state index contributed by atoms with van der Waals surface area (Å²) in [7, 11) is 0. The van der Waals surface area contributed by atoms with Gasteiger partial charge < -0.3 is 20.5 Å². The third-order valence-electron chi connectivity index (χ3n) is 5.38. The highest BCUT2D eigenvalue weighted by Crippen LogP contribution is 2.44. The number of hydrogen-bond acceptors (Lipinski definition) is 5. The molecule has 0 radical (unpaired) electrons. The molecule has 2 amide bonds. The van der Waals surface area contributed by atoms with Crippen LogP contribution in [0.2, 0.25) is 0 Å². The molecule has 2 aromatic rings. The number of fused-ring (bicyclic) bond motifs is 3. The van der Waals surface area contributed by atoms with Gasteiger partial charge in [-0.15, -0.1) is 11.8 Å². The SMILES string of the molecule is CCC(CC(=O)NCCSCC(=O)O)NC(=O)OCC1c2ccccc2-c2ccccc21. The van der Waals surface area contributed by atoms with E-state index in [1.54, 1.807) is 0 Å². The van der Waals surface area contributed by atoms with E-state index < -0.39 is 12.1 Å². The van der Waals surface area contributed by atoms with E-state index in [1.165, 1.54) is 22.9 Å². The van der Waals surface area contributed by atoms with Gasteiger partial charge >= 0.3 is 12.1 Å². The molecule has 1 unspecified atom stereocenters. The van der Waals surface area contributed by atoms with Crippen molar-refractivity contribution in [1.29, 1.82) is 0 Å². The van der Waals surface area contributed by atoms with Gasteiger partial charge in [0.05, 0.1) is 5.75 Å². The molecule has 0 saturated carbocycles. The third kappa shape index (κ3) is 6.26. The lowest BCUT2D eigenvalue weighted by Crippen LogP contribution is -2.39. The predicted molar refractivity (Wildman–Crippen MR) is 125 cm³/mol. The van der Waals surface area contributed by atoms with E-state index in [1.807, 2.05) is 31.2 Å². The zero-order valence-corrected chi connectivity index (χ0v) is 18.8. The van der Waals surface area contributed by atoms with Gasteiger partial charge in [0.2, 0.25) is 5.91 Å². The van der Waals surface area contributed by atoms with Crippen LogP contribution < -0.4 is 10.6 Å². The van der Waals surface area contributed by atoms with Crippen molar-refractivity contribution in [3.63, 3.8) is 0 Å². The van der Waals surface area contributed by atoms with Gasteiger partial charge in [0.15, 0.2) is 0 Å². The summed E-state index contributed by atoms with van der Waals surface area (Å²) in [6.07, 6.45) is 0.193. The topological polar surface area (TPSA) is 105 Å².